The summed E-state index contributed by atoms with van der Waals surface area (Å²) < 4.78 is 7.35. The molecule has 0 aromatic heterocycles. The lowest BCUT2D eigenvalue weighted by Crippen LogP contribution is -2.42. The van der Waals surface area contributed by atoms with Crippen LogP contribution in [0.1, 0.15) is 30.9 Å². The van der Waals surface area contributed by atoms with Crippen LogP contribution in [0.4, 0.5) is 0 Å². The molecule has 2 heterocycles. The van der Waals surface area contributed by atoms with E-state index in [2.05, 4.69) is 46.9 Å². The molecule has 19 heavy (non-hydrogen) atoms. The van der Waals surface area contributed by atoms with Crippen LogP contribution in [0.2, 0.25) is 0 Å². The molecule has 1 aromatic rings. The van der Waals surface area contributed by atoms with Gasteiger partial charge in [-0.3, -0.25) is 0 Å². The molecule has 1 aromatic carbocycles. The van der Waals surface area contributed by atoms with Gasteiger partial charge in [0.25, 0.3) is 0 Å². The van der Waals surface area contributed by atoms with Crippen molar-refractivity contribution in [3.8, 4) is 0 Å². The highest BCUT2D eigenvalue weighted by atomic mass is 127. The Labute approximate surface area is 133 Å². The summed E-state index contributed by atoms with van der Waals surface area (Å²) >= 11 is 4.36. The molecule has 0 amide bonds. The minimum Gasteiger partial charge on any atom is -0.374 e. The van der Waals surface area contributed by atoms with Gasteiger partial charge in [0, 0.05) is 22.0 Å². The Morgan fingerprint density at radius 1 is 1.37 bits per heavy atom. The molecule has 2 nitrogen and oxygen atoms in total. The molecule has 2 saturated heterocycles. The zero-order valence-electron chi connectivity index (χ0n) is 11.0. The second-order valence-corrected chi connectivity index (χ2v) is 8.02. The first-order chi connectivity index (χ1) is 9.19. The van der Waals surface area contributed by atoms with Crippen molar-refractivity contribution < 1.29 is 4.74 Å². The molecule has 0 aliphatic carbocycles. The van der Waals surface area contributed by atoms with E-state index >= 15 is 0 Å². The van der Waals surface area contributed by atoms with E-state index in [1.54, 1.807) is 0 Å². The smallest absolute Gasteiger partial charge is 0.0783 e. The summed E-state index contributed by atoms with van der Waals surface area (Å²) in [4.78, 5) is 0. The van der Waals surface area contributed by atoms with Crippen molar-refractivity contribution >= 4 is 34.4 Å². The summed E-state index contributed by atoms with van der Waals surface area (Å²) in [6.45, 7) is 0.878. The molecule has 2 fully saturated rings. The fourth-order valence-corrected chi connectivity index (χ4v) is 4.93. The number of benzene rings is 1. The lowest BCUT2D eigenvalue weighted by Gasteiger charge is -2.40. The third-order valence-corrected chi connectivity index (χ3v) is 6.30. The molecule has 0 saturated carbocycles. The quantitative estimate of drug-likeness (QED) is 0.786. The van der Waals surface area contributed by atoms with Gasteiger partial charge in [-0.15, -0.1) is 0 Å². The average molecular weight is 389 g/mol. The van der Waals surface area contributed by atoms with E-state index in [9.17, 15) is 0 Å². The molecule has 0 bridgehead atoms. The predicted octanol–water partition coefficient (Wildman–Crippen LogP) is 3.59. The second kappa shape index (κ2) is 5.92. The van der Waals surface area contributed by atoms with Gasteiger partial charge in [-0.25, -0.2) is 0 Å². The van der Waals surface area contributed by atoms with Gasteiger partial charge >= 0.3 is 0 Å². The van der Waals surface area contributed by atoms with E-state index in [0.29, 0.717) is 5.92 Å². The fraction of sp³-hybridized carbons (Fsp3) is 0.600. The van der Waals surface area contributed by atoms with Crippen molar-refractivity contribution in [3.63, 3.8) is 0 Å². The molecule has 2 aliphatic heterocycles. The molecule has 3 atom stereocenters. The first kappa shape index (κ1) is 14.2. The number of hydrogen-bond donors (Lipinski definition) is 1. The molecule has 2 aliphatic rings. The zero-order valence-corrected chi connectivity index (χ0v) is 14.0. The van der Waals surface area contributed by atoms with Crippen LogP contribution in [-0.4, -0.2) is 23.7 Å². The van der Waals surface area contributed by atoms with Gasteiger partial charge in [0.1, 0.15) is 0 Å². The van der Waals surface area contributed by atoms with Gasteiger partial charge in [-0.1, -0.05) is 12.1 Å². The zero-order chi connectivity index (χ0) is 13.3. The largest absolute Gasteiger partial charge is 0.374 e. The number of rotatable bonds is 2. The third-order valence-electron chi connectivity index (χ3n) is 4.36. The molecule has 0 radical (unpaired) electrons. The Bertz CT molecular complexity index is 430. The lowest BCUT2D eigenvalue weighted by atomic mass is 9.79. The van der Waals surface area contributed by atoms with Crippen LogP contribution in [0.15, 0.2) is 24.3 Å². The Balaban J connectivity index is 1.72. The molecule has 4 heteroatoms. The van der Waals surface area contributed by atoms with E-state index in [0.717, 1.165) is 25.2 Å². The van der Waals surface area contributed by atoms with Crippen molar-refractivity contribution in [2.24, 2.45) is 11.7 Å². The van der Waals surface area contributed by atoms with E-state index in [1.165, 1.54) is 21.3 Å². The fourth-order valence-electron chi connectivity index (χ4n) is 3.19. The topological polar surface area (TPSA) is 35.2 Å². The van der Waals surface area contributed by atoms with E-state index in [1.807, 2.05) is 11.8 Å². The molecule has 104 valence electrons. The minimum absolute atomic E-state index is 0.133. The SMILES string of the molecule is NC(c1ccc(I)cc1)C1CCOC2(CCSC2)C1. The number of ether oxygens (including phenoxy) is 1. The summed E-state index contributed by atoms with van der Waals surface area (Å²) in [5, 5.41) is 0. The van der Waals surface area contributed by atoms with Crippen molar-refractivity contribution in [1.29, 1.82) is 0 Å². The molecule has 2 N–H and O–H groups in total. The maximum atomic E-state index is 6.51. The van der Waals surface area contributed by atoms with Crippen molar-refractivity contribution in [2.75, 3.05) is 18.1 Å². The Kier molecular flexibility index (Phi) is 4.41. The van der Waals surface area contributed by atoms with Crippen LogP contribution in [0.5, 0.6) is 0 Å². The van der Waals surface area contributed by atoms with Crippen LogP contribution in [-0.2, 0) is 4.74 Å². The highest BCUT2D eigenvalue weighted by molar-refractivity contribution is 14.1. The first-order valence-corrected chi connectivity index (χ1v) is 9.15. The molecule has 3 rings (SSSR count). The first-order valence-electron chi connectivity index (χ1n) is 6.91. The van der Waals surface area contributed by atoms with Gasteiger partial charge in [0.15, 0.2) is 0 Å². The van der Waals surface area contributed by atoms with Crippen LogP contribution in [0.3, 0.4) is 0 Å². The van der Waals surface area contributed by atoms with Gasteiger partial charge in [-0.05, 0) is 71.2 Å². The van der Waals surface area contributed by atoms with Crippen LogP contribution < -0.4 is 5.73 Å². The number of halogens is 1. The number of nitrogens with two attached hydrogens (primary N) is 1. The number of thioether (sulfide) groups is 1. The molecule has 1 spiro atoms. The Hall–Kier alpha value is 0.220. The molecular formula is C15H20INOS. The highest BCUT2D eigenvalue weighted by Gasteiger charge is 2.42. The monoisotopic (exact) mass is 389 g/mol. The van der Waals surface area contributed by atoms with E-state index in [-0.39, 0.29) is 11.6 Å². The van der Waals surface area contributed by atoms with Gasteiger partial charge in [-0.2, -0.15) is 11.8 Å². The van der Waals surface area contributed by atoms with Crippen molar-refractivity contribution in [3.05, 3.63) is 33.4 Å². The highest BCUT2D eigenvalue weighted by Crippen LogP contribution is 2.43. The van der Waals surface area contributed by atoms with Crippen LogP contribution >= 0.6 is 34.4 Å². The molecular weight excluding hydrogens is 369 g/mol. The van der Waals surface area contributed by atoms with E-state index < -0.39 is 0 Å². The predicted molar refractivity (Wildman–Crippen MR) is 89.4 cm³/mol. The summed E-state index contributed by atoms with van der Waals surface area (Å²) in [6.07, 6.45) is 3.43. The summed E-state index contributed by atoms with van der Waals surface area (Å²) in [7, 11) is 0. The third kappa shape index (κ3) is 3.12. The standard InChI is InChI=1S/C15H20INOS/c16-13-3-1-11(2-4-13)14(17)12-5-7-18-15(9-12)6-8-19-10-15/h1-4,12,14H,5-10,17H2. The molecule has 3 unspecified atom stereocenters. The summed E-state index contributed by atoms with van der Waals surface area (Å²) in [5.74, 6) is 2.96. The maximum absolute atomic E-state index is 6.51. The van der Waals surface area contributed by atoms with Crippen LogP contribution in [0.25, 0.3) is 0 Å². The van der Waals surface area contributed by atoms with Crippen LogP contribution in [0, 0.1) is 9.49 Å². The van der Waals surface area contributed by atoms with E-state index in [4.69, 9.17) is 10.5 Å². The minimum atomic E-state index is 0.133. The second-order valence-electron chi connectivity index (χ2n) is 5.66. The summed E-state index contributed by atoms with van der Waals surface area (Å²) in [5.41, 5.74) is 7.91. The maximum Gasteiger partial charge on any atom is 0.0783 e. The lowest BCUT2D eigenvalue weighted by molar-refractivity contribution is -0.0834. The van der Waals surface area contributed by atoms with Gasteiger partial charge < -0.3 is 10.5 Å². The average Bonchev–Trinajstić information content (AvgIpc) is 2.87. The Morgan fingerprint density at radius 3 is 2.84 bits per heavy atom. The summed E-state index contributed by atoms with van der Waals surface area (Å²) in [6, 6.07) is 8.81. The van der Waals surface area contributed by atoms with Gasteiger partial charge in [0.2, 0.25) is 0 Å². The van der Waals surface area contributed by atoms with Gasteiger partial charge in [0.05, 0.1) is 5.60 Å². The van der Waals surface area contributed by atoms with Crippen molar-refractivity contribution in [1.82, 2.24) is 0 Å². The Morgan fingerprint density at radius 2 is 2.16 bits per heavy atom. The normalized spacial score (nSPS) is 32.6. The number of hydrogen-bond acceptors (Lipinski definition) is 3. The van der Waals surface area contributed by atoms with Crippen molar-refractivity contribution in [2.45, 2.75) is 30.9 Å².